The van der Waals surface area contributed by atoms with E-state index in [0.29, 0.717) is 142 Å². The smallest absolute Gasteiger partial charge is 0.317 e. The minimum atomic E-state index is -0.171. The van der Waals surface area contributed by atoms with Gasteiger partial charge in [0.05, 0.1) is 48.5 Å². The number of amides is 6. The largest absolute Gasteiger partial charge is 0.382 e. The summed E-state index contributed by atoms with van der Waals surface area (Å²) in [5, 5.41) is 7.92. The van der Waals surface area contributed by atoms with E-state index in [0.717, 1.165) is 94.0 Å². The lowest BCUT2D eigenvalue weighted by atomic mass is 10.1. The van der Waals surface area contributed by atoms with Crippen LogP contribution in [0.15, 0.2) is 48.5 Å². The van der Waals surface area contributed by atoms with Gasteiger partial charge in [0.15, 0.2) is 11.6 Å². The fraction of sp³-hybridized carbons (Fsp3) is 0.538. The number of benzene rings is 2. The second-order valence-electron chi connectivity index (χ2n) is 18.6. The highest BCUT2D eigenvalue weighted by atomic mass is 16.5. The molecule has 0 unspecified atom stereocenters. The molecule has 20 heteroatoms. The number of nitrogen functional groups attached to an aromatic ring is 2. The van der Waals surface area contributed by atoms with Gasteiger partial charge in [-0.3, -0.25) is 9.59 Å². The van der Waals surface area contributed by atoms with Gasteiger partial charge in [-0.2, -0.15) is 0 Å². The number of hydrogen-bond acceptors (Lipinski definition) is 12. The first-order chi connectivity index (χ1) is 35.1. The number of aryl methyl sites for hydroxylation is 2. The van der Waals surface area contributed by atoms with Gasteiger partial charge in [0.1, 0.15) is 22.7 Å². The number of carbonyl (C=O) groups excluding carboxylic acids is 4. The quantitative estimate of drug-likeness (QED) is 0.0596. The first-order valence-electron chi connectivity index (χ1n) is 26.0. The van der Waals surface area contributed by atoms with Crippen molar-refractivity contribution in [3.8, 4) is 0 Å². The van der Waals surface area contributed by atoms with E-state index in [9.17, 15) is 19.2 Å². The molecule has 2 aliphatic rings. The van der Waals surface area contributed by atoms with Crippen molar-refractivity contribution >= 4 is 79.4 Å². The fourth-order valence-corrected chi connectivity index (χ4v) is 9.73. The molecule has 2 aliphatic heterocycles. The van der Waals surface area contributed by atoms with Gasteiger partial charge < -0.3 is 60.3 Å². The van der Waals surface area contributed by atoms with Crippen molar-refractivity contribution in [2.75, 3.05) is 103 Å². The maximum absolute atomic E-state index is 13.0. The van der Waals surface area contributed by atoms with Crippen LogP contribution in [0.1, 0.15) is 76.9 Å². The third-order valence-electron chi connectivity index (χ3n) is 13.7. The van der Waals surface area contributed by atoms with Crippen molar-refractivity contribution in [2.24, 2.45) is 0 Å². The SMILES string of the molecule is CCCCc1nc2c(N)nc3ccccc3c2n1CCOCCNC(=O)N1CCN(C(=O)CCCCC(=O)N2CCN(C(=O)NCCOCCn3c(CCCC)nc4c(N)nc5ccccc5c43)CC2)CC1. The third-order valence-corrected chi connectivity index (χ3v) is 13.7. The van der Waals surface area contributed by atoms with E-state index >= 15 is 0 Å². The Bertz CT molecular complexity index is 2620. The number of anilines is 2. The van der Waals surface area contributed by atoms with Crippen molar-refractivity contribution in [3.63, 3.8) is 0 Å². The summed E-state index contributed by atoms with van der Waals surface area (Å²) in [4.78, 5) is 78.0. The number of rotatable bonds is 23. The van der Waals surface area contributed by atoms with Crippen LogP contribution in [0.4, 0.5) is 21.2 Å². The zero-order valence-electron chi connectivity index (χ0n) is 42.1. The van der Waals surface area contributed by atoms with Gasteiger partial charge in [-0.1, -0.05) is 63.1 Å². The Hall–Kier alpha value is -6.80. The summed E-state index contributed by atoms with van der Waals surface area (Å²) in [6, 6.07) is 15.6. The first-order valence-corrected chi connectivity index (χ1v) is 26.0. The Labute approximate surface area is 420 Å². The van der Waals surface area contributed by atoms with Gasteiger partial charge in [0, 0.05) is 115 Å². The molecule has 6 N–H and O–H groups in total. The van der Waals surface area contributed by atoms with Crippen LogP contribution in [0.2, 0.25) is 0 Å². The average Bonchev–Trinajstić information content (AvgIpc) is 3.97. The Morgan fingerprint density at radius 2 is 0.917 bits per heavy atom. The van der Waals surface area contributed by atoms with Crippen molar-refractivity contribution in [1.82, 2.24) is 59.3 Å². The molecule has 2 aromatic carbocycles. The molecule has 0 saturated carbocycles. The number of ether oxygens (including phenoxy) is 2. The number of para-hydroxylation sites is 2. The highest BCUT2D eigenvalue weighted by molar-refractivity contribution is 6.07. The van der Waals surface area contributed by atoms with Gasteiger partial charge in [-0.25, -0.2) is 29.5 Å². The number of unbranched alkanes of at least 4 members (excludes halogenated alkanes) is 3. The van der Waals surface area contributed by atoms with Gasteiger partial charge in [0.2, 0.25) is 11.8 Å². The lowest BCUT2D eigenvalue weighted by Crippen LogP contribution is -2.53. The maximum Gasteiger partial charge on any atom is 0.317 e. The van der Waals surface area contributed by atoms with E-state index in [1.165, 1.54) is 0 Å². The normalized spacial score (nSPS) is 14.3. The number of urea groups is 2. The summed E-state index contributed by atoms with van der Waals surface area (Å²) >= 11 is 0. The molecule has 6 amide bonds. The van der Waals surface area contributed by atoms with E-state index in [1.54, 1.807) is 19.6 Å². The van der Waals surface area contributed by atoms with Gasteiger partial charge in [-0.15, -0.1) is 0 Å². The summed E-state index contributed by atoms with van der Waals surface area (Å²) in [6.07, 6.45) is 7.73. The highest BCUT2D eigenvalue weighted by Crippen LogP contribution is 2.31. The molecule has 386 valence electrons. The number of nitrogens with two attached hydrogens (primary N) is 2. The molecule has 8 rings (SSSR count). The molecule has 0 aliphatic carbocycles. The van der Waals surface area contributed by atoms with Crippen LogP contribution < -0.4 is 22.1 Å². The molecule has 0 bridgehead atoms. The molecule has 2 fully saturated rings. The fourth-order valence-electron chi connectivity index (χ4n) is 9.73. The van der Waals surface area contributed by atoms with Crippen molar-refractivity contribution < 1.29 is 28.7 Å². The first kappa shape index (κ1) is 51.6. The number of imidazole rings is 2. The summed E-state index contributed by atoms with van der Waals surface area (Å²) in [5.74, 6) is 2.86. The zero-order valence-corrected chi connectivity index (χ0v) is 42.1. The molecule has 72 heavy (non-hydrogen) atoms. The Morgan fingerprint density at radius 1 is 0.528 bits per heavy atom. The molecule has 0 radical (unpaired) electrons. The lowest BCUT2D eigenvalue weighted by molar-refractivity contribution is -0.134. The molecule has 6 heterocycles. The molecule has 2 saturated heterocycles. The molecule has 4 aromatic heterocycles. The van der Waals surface area contributed by atoms with Crippen LogP contribution in [0.5, 0.6) is 0 Å². The number of pyridine rings is 2. The van der Waals surface area contributed by atoms with Crippen molar-refractivity contribution in [2.45, 2.75) is 91.1 Å². The van der Waals surface area contributed by atoms with E-state index in [1.807, 2.05) is 48.5 Å². The van der Waals surface area contributed by atoms with E-state index in [-0.39, 0.29) is 23.9 Å². The summed E-state index contributed by atoms with van der Waals surface area (Å²) in [5.41, 5.74) is 17.7. The third kappa shape index (κ3) is 12.4. The van der Waals surface area contributed by atoms with Crippen molar-refractivity contribution in [1.29, 1.82) is 0 Å². The Kier molecular flexibility index (Phi) is 17.9. The number of nitrogens with zero attached hydrogens (tertiary/aromatic N) is 10. The van der Waals surface area contributed by atoms with Gasteiger partial charge >= 0.3 is 12.1 Å². The number of fused-ring (bicyclic) bond motifs is 6. The second kappa shape index (κ2) is 25.0. The number of nitrogens with one attached hydrogen (secondary N) is 2. The standard InChI is InChI=1S/C52H72N14O6/c1-3-5-17-41-59-45-47(37-13-7-9-15-39(37)57-49(45)53)65(41)31-35-71-33-21-55-51(69)63-27-23-61(24-28-63)43(67)19-11-12-20-44(68)62-25-29-64(30-26-62)52(70)56-22-34-72-36-32-66-42(18-6-4-2)60-46-48(66)38-14-8-10-16-40(38)58-50(46)54/h7-10,13-16H,3-6,11-12,17-36H2,1-2H3,(H2,53,57)(H2,54,58)(H,55,69)(H,56,70). The van der Waals surface area contributed by atoms with E-state index in [4.69, 9.17) is 30.9 Å². The van der Waals surface area contributed by atoms with E-state index < -0.39 is 0 Å². The molecule has 6 aromatic rings. The number of aromatic nitrogens is 6. The second-order valence-corrected chi connectivity index (χ2v) is 18.6. The molecular formula is C52H72N14O6. The van der Waals surface area contributed by atoms with Crippen LogP contribution in [0.25, 0.3) is 43.9 Å². The van der Waals surface area contributed by atoms with Crippen molar-refractivity contribution in [3.05, 3.63) is 60.2 Å². The summed E-state index contributed by atoms with van der Waals surface area (Å²) in [6.45, 7) is 11.6. The predicted octanol–water partition coefficient (Wildman–Crippen LogP) is 5.33. The Balaban J connectivity index is 0.660. The predicted molar refractivity (Wildman–Crippen MR) is 279 cm³/mol. The number of piperazine rings is 2. The topological polar surface area (TPSA) is 237 Å². The Morgan fingerprint density at radius 3 is 1.32 bits per heavy atom. The summed E-state index contributed by atoms with van der Waals surface area (Å²) < 4.78 is 16.3. The van der Waals surface area contributed by atoms with Crippen LogP contribution in [0.3, 0.4) is 0 Å². The van der Waals surface area contributed by atoms with Gasteiger partial charge in [0.25, 0.3) is 0 Å². The number of hydrogen-bond donors (Lipinski definition) is 4. The average molecular weight is 989 g/mol. The summed E-state index contributed by atoms with van der Waals surface area (Å²) in [7, 11) is 0. The van der Waals surface area contributed by atoms with Gasteiger partial charge in [-0.05, 0) is 37.8 Å². The van der Waals surface area contributed by atoms with Crippen LogP contribution in [0, 0.1) is 0 Å². The highest BCUT2D eigenvalue weighted by Gasteiger charge is 2.26. The van der Waals surface area contributed by atoms with Crippen LogP contribution in [-0.4, -0.2) is 164 Å². The minimum absolute atomic E-state index is 0.0388. The lowest BCUT2D eigenvalue weighted by Gasteiger charge is -2.35. The van der Waals surface area contributed by atoms with Crippen LogP contribution >= 0.6 is 0 Å². The monoisotopic (exact) mass is 989 g/mol. The molecule has 20 nitrogen and oxygen atoms in total. The molecule has 0 atom stereocenters. The molecular weight excluding hydrogens is 917 g/mol. The minimum Gasteiger partial charge on any atom is -0.382 e. The maximum atomic E-state index is 13.0. The zero-order chi connectivity index (χ0) is 50.4. The number of carbonyl (C=O) groups is 4. The van der Waals surface area contributed by atoms with E-state index in [2.05, 4.69) is 43.6 Å². The molecule has 0 spiro atoms. The van der Waals surface area contributed by atoms with Crippen LogP contribution in [-0.2, 0) is 45.0 Å².